The summed E-state index contributed by atoms with van der Waals surface area (Å²) < 4.78 is 29.0. The van der Waals surface area contributed by atoms with E-state index in [2.05, 4.69) is 27.8 Å². The van der Waals surface area contributed by atoms with Crippen LogP contribution in [0.1, 0.15) is 36.7 Å². The second kappa shape index (κ2) is 10.2. The Morgan fingerprint density at radius 1 is 0.947 bits per heavy atom. The average molecular weight is 534 g/mol. The molecule has 0 radical (unpaired) electrons. The van der Waals surface area contributed by atoms with Crippen molar-refractivity contribution in [2.75, 3.05) is 18.0 Å². The molecule has 4 aromatic rings. The monoisotopic (exact) mass is 533 g/mol. The van der Waals surface area contributed by atoms with E-state index in [-0.39, 0.29) is 46.0 Å². The second-order valence-corrected chi connectivity index (χ2v) is 10.1. The Hall–Kier alpha value is -3.80. The second-order valence-electron chi connectivity index (χ2n) is 9.76. The molecule has 0 bridgehead atoms. The van der Waals surface area contributed by atoms with Crippen LogP contribution in [0, 0.1) is 23.0 Å². The highest BCUT2D eigenvalue weighted by atomic mass is 35.5. The van der Waals surface area contributed by atoms with E-state index < -0.39 is 0 Å². The fourth-order valence-electron chi connectivity index (χ4n) is 5.37. The van der Waals surface area contributed by atoms with E-state index >= 15 is 0 Å². The maximum atomic E-state index is 13.8. The molecule has 0 aliphatic carbocycles. The Morgan fingerprint density at radius 3 is 2.08 bits per heavy atom. The molecule has 1 aliphatic rings. The topological polar surface area (TPSA) is 65.2 Å². The van der Waals surface area contributed by atoms with Crippen LogP contribution in [0.3, 0.4) is 0 Å². The number of aromatic nitrogens is 2. The van der Waals surface area contributed by atoms with Gasteiger partial charge < -0.3 is 9.47 Å². The van der Waals surface area contributed by atoms with Crippen LogP contribution in [0.2, 0.25) is 5.02 Å². The molecule has 6 nitrogen and oxygen atoms in total. The number of fused-ring (bicyclic) bond motifs is 1. The Bertz CT molecular complexity index is 1550. The van der Waals surface area contributed by atoms with Crippen molar-refractivity contribution in [3.63, 3.8) is 0 Å². The van der Waals surface area contributed by atoms with Crippen LogP contribution in [-0.2, 0) is 7.05 Å². The molecule has 5 rings (SSSR count). The van der Waals surface area contributed by atoms with Crippen LogP contribution in [0.25, 0.3) is 11.0 Å². The van der Waals surface area contributed by atoms with Crippen LogP contribution in [0.5, 0.6) is 0 Å². The maximum absolute atomic E-state index is 13.8. The zero-order valence-corrected chi connectivity index (χ0v) is 22.0. The lowest BCUT2D eigenvalue weighted by molar-refractivity contribution is 0.130. The zero-order chi connectivity index (χ0) is 27.1. The summed E-state index contributed by atoms with van der Waals surface area (Å²) >= 11 is 6.66. The highest BCUT2D eigenvalue weighted by molar-refractivity contribution is 6.34. The molecule has 1 fully saturated rings. The van der Waals surface area contributed by atoms with Gasteiger partial charge in [0.1, 0.15) is 33.9 Å². The average Bonchev–Trinajstić information content (AvgIpc) is 2.91. The quantitative estimate of drug-likeness (QED) is 0.350. The first-order valence-corrected chi connectivity index (χ1v) is 12.7. The lowest BCUT2D eigenvalue weighted by atomic mass is 9.93. The third-order valence-electron chi connectivity index (χ3n) is 7.30. The van der Waals surface area contributed by atoms with Gasteiger partial charge in [-0.05, 0) is 61.4 Å². The fraction of sp³-hybridized carbons (Fsp3) is 0.276. The minimum Gasteiger partial charge on any atom is -0.363 e. The smallest absolute Gasteiger partial charge is 0.271 e. The number of rotatable bonds is 4. The summed E-state index contributed by atoms with van der Waals surface area (Å²) in [5.41, 5.74) is 3.29. The van der Waals surface area contributed by atoms with Gasteiger partial charge in [-0.1, -0.05) is 35.9 Å². The van der Waals surface area contributed by atoms with E-state index in [1.165, 1.54) is 28.8 Å². The molecule has 0 spiro atoms. The number of hydrogen-bond donors (Lipinski definition) is 0. The van der Waals surface area contributed by atoms with Crippen molar-refractivity contribution in [3.05, 3.63) is 104 Å². The lowest BCUT2D eigenvalue weighted by Gasteiger charge is -2.48. The Morgan fingerprint density at radius 2 is 1.53 bits per heavy atom. The number of pyridine rings is 2. The molecule has 1 aliphatic heterocycles. The van der Waals surface area contributed by atoms with E-state index in [4.69, 9.17) is 11.6 Å². The summed E-state index contributed by atoms with van der Waals surface area (Å²) in [6, 6.07) is 17.7. The summed E-state index contributed by atoms with van der Waals surface area (Å²) in [6.07, 6.45) is 0. The number of aryl methyl sites for hydroxylation is 1. The molecule has 9 heteroatoms. The van der Waals surface area contributed by atoms with Crippen LogP contribution >= 0.6 is 11.6 Å². The molecule has 3 heterocycles. The summed E-state index contributed by atoms with van der Waals surface area (Å²) in [7, 11) is 1.63. The largest absolute Gasteiger partial charge is 0.363 e. The van der Waals surface area contributed by atoms with Crippen LogP contribution < -0.4 is 10.5 Å². The van der Waals surface area contributed by atoms with E-state index in [1.54, 1.807) is 43.4 Å². The Balaban J connectivity index is 1.58. The zero-order valence-electron chi connectivity index (χ0n) is 21.2. The van der Waals surface area contributed by atoms with Gasteiger partial charge >= 0.3 is 0 Å². The van der Waals surface area contributed by atoms with Crippen molar-refractivity contribution in [3.8, 4) is 6.07 Å². The number of halogens is 3. The predicted molar refractivity (Wildman–Crippen MR) is 144 cm³/mol. The summed E-state index contributed by atoms with van der Waals surface area (Å²) in [5.74, 6) is -0.650. The summed E-state index contributed by atoms with van der Waals surface area (Å²) in [5, 5.41) is 9.51. The van der Waals surface area contributed by atoms with E-state index in [1.807, 2.05) is 6.92 Å². The molecule has 0 amide bonds. The van der Waals surface area contributed by atoms with Gasteiger partial charge in [-0.15, -0.1) is 0 Å². The predicted octanol–water partition coefficient (Wildman–Crippen LogP) is 5.43. The molecule has 0 N–H and O–H groups in total. The Labute approximate surface area is 224 Å². The molecule has 2 atom stereocenters. The van der Waals surface area contributed by atoms with Crippen molar-refractivity contribution < 1.29 is 8.78 Å². The van der Waals surface area contributed by atoms with Gasteiger partial charge in [0.25, 0.3) is 5.56 Å². The van der Waals surface area contributed by atoms with Crippen molar-refractivity contribution >= 4 is 28.3 Å². The molecule has 0 unspecified atom stereocenters. The molecule has 194 valence electrons. The molecule has 38 heavy (non-hydrogen) atoms. The molecule has 2 aromatic heterocycles. The molecule has 2 aromatic carbocycles. The van der Waals surface area contributed by atoms with Crippen molar-refractivity contribution in [1.82, 2.24) is 14.5 Å². The van der Waals surface area contributed by atoms with E-state index in [9.17, 15) is 18.8 Å². The molecular formula is C29H26ClF2N5O. The minimum atomic E-state index is -0.335. The van der Waals surface area contributed by atoms with Crippen LogP contribution in [-0.4, -0.2) is 39.6 Å². The molecular weight excluding hydrogens is 508 g/mol. The normalized spacial score (nSPS) is 18.2. The number of nitriles is 1. The van der Waals surface area contributed by atoms with Crippen molar-refractivity contribution in [2.45, 2.75) is 32.0 Å². The lowest BCUT2D eigenvalue weighted by Crippen LogP contribution is -2.57. The number of hydrogen-bond acceptors (Lipinski definition) is 5. The number of piperazine rings is 1. The number of nitrogens with zero attached hydrogens (tertiary/aromatic N) is 5. The maximum Gasteiger partial charge on any atom is 0.271 e. The molecule has 0 saturated carbocycles. The SMILES string of the molecule is C[C@@H]1CN(C(c2ccc(F)cc2)c2ccc(F)cc2)[C@H](C)CN1c1c(Cl)c(=O)n(C)c2ccc(C#N)nc12. The highest BCUT2D eigenvalue weighted by Gasteiger charge is 2.37. The van der Waals surface area contributed by atoms with Crippen molar-refractivity contribution in [1.29, 1.82) is 5.26 Å². The fourth-order valence-corrected chi connectivity index (χ4v) is 5.70. The Kier molecular flexibility index (Phi) is 6.91. The first-order chi connectivity index (χ1) is 18.2. The van der Waals surface area contributed by atoms with Gasteiger partial charge in [0.2, 0.25) is 0 Å². The first-order valence-electron chi connectivity index (χ1n) is 12.3. The number of benzene rings is 2. The van der Waals surface area contributed by atoms with Gasteiger partial charge in [-0.2, -0.15) is 5.26 Å². The van der Waals surface area contributed by atoms with Gasteiger partial charge in [0, 0.05) is 32.2 Å². The van der Waals surface area contributed by atoms with Gasteiger partial charge in [-0.3, -0.25) is 9.69 Å². The van der Waals surface area contributed by atoms with Crippen LogP contribution in [0.4, 0.5) is 14.5 Å². The minimum absolute atomic E-state index is 0.0411. The van der Waals surface area contributed by atoms with Gasteiger partial charge in [-0.25, -0.2) is 13.8 Å². The van der Waals surface area contributed by atoms with Gasteiger partial charge in [0.15, 0.2) is 0 Å². The standard InChI is InChI=1S/C29H26ClF2N5O/c1-17-16-37(28-25(30)29(38)35(3)24-13-12-23(14-33)34-26(24)28)18(2)15-36(17)27(19-4-8-21(31)9-5-19)20-6-10-22(32)11-7-20/h4-13,17-18,27H,15-16H2,1-3H3/t17-,18-/m1/s1. The summed E-state index contributed by atoms with van der Waals surface area (Å²) in [4.78, 5) is 21.9. The van der Waals surface area contributed by atoms with E-state index in [0.29, 0.717) is 29.8 Å². The third-order valence-corrected chi connectivity index (χ3v) is 7.64. The van der Waals surface area contributed by atoms with Gasteiger partial charge in [0.05, 0.1) is 17.2 Å². The third kappa shape index (κ3) is 4.53. The highest BCUT2D eigenvalue weighted by Crippen LogP contribution is 2.38. The molecule has 1 saturated heterocycles. The number of anilines is 1. The first kappa shape index (κ1) is 25.8. The van der Waals surface area contributed by atoms with E-state index in [0.717, 1.165) is 11.1 Å². The summed E-state index contributed by atoms with van der Waals surface area (Å²) in [6.45, 7) is 5.20. The van der Waals surface area contributed by atoms with Crippen molar-refractivity contribution in [2.24, 2.45) is 7.05 Å². The van der Waals surface area contributed by atoms with Crippen LogP contribution in [0.15, 0.2) is 65.5 Å².